The van der Waals surface area contributed by atoms with E-state index >= 15 is 0 Å². The highest BCUT2D eigenvalue weighted by molar-refractivity contribution is 5.85. The highest BCUT2D eigenvalue weighted by atomic mass is 14.6. The Kier molecular flexibility index (Phi) is 6.85. The standard InChI is InChI=1S/C38H26N4/c1-6-27(33-17-35(29-8-2-12-39-23-29)21-36(18-33)30-9-3-13-40-24-30)16-28(7-1)34-19-37(31-10-4-14-41-25-31)22-38(20-34)32-11-5-15-42-26-32/h1-26H. The minimum Gasteiger partial charge on any atom is -0.264 e. The molecule has 0 unspecified atom stereocenters. The van der Waals surface area contributed by atoms with Crippen molar-refractivity contribution < 1.29 is 0 Å². The molecule has 4 nitrogen and oxygen atoms in total. The van der Waals surface area contributed by atoms with E-state index in [0.29, 0.717) is 0 Å². The minimum atomic E-state index is 1.07. The van der Waals surface area contributed by atoms with E-state index in [0.717, 1.165) is 66.8 Å². The largest absolute Gasteiger partial charge is 0.264 e. The lowest BCUT2D eigenvalue weighted by Crippen LogP contribution is -1.89. The number of hydrogen-bond donors (Lipinski definition) is 0. The fourth-order valence-electron chi connectivity index (χ4n) is 5.27. The summed E-state index contributed by atoms with van der Waals surface area (Å²) in [5.74, 6) is 0. The van der Waals surface area contributed by atoms with E-state index in [1.54, 1.807) is 24.8 Å². The second kappa shape index (κ2) is 11.4. The van der Waals surface area contributed by atoms with Crippen molar-refractivity contribution in [2.45, 2.75) is 0 Å². The molecule has 0 aliphatic rings. The van der Waals surface area contributed by atoms with Gasteiger partial charge in [-0.1, -0.05) is 42.5 Å². The van der Waals surface area contributed by atoms with Crippen LogP contribution in [0.1, 0.15) is 0 Å². The topological polar surface area (TPSA) is 51.6 Å². The van der Waals surface area contributed by atoms with Gasteiger partial charge in [0, 0.05) is 71.8 Å². The number of pyridine rings is 4. The molecule has 4 aromatic heterocycles. The number of hydrogen-bond acceptors (Lipinski definition) is 4. The Morgan fingerprint density at radius 2 is 0.476 bits per heavy atom. The summed E-state index contributed by atoms with van der Waals surface area (Å²) in [5, 5.41) is 0. The third kappa shape index (κ3) is 5.34. The Morgan fingerprint density at radius 3 is 0.738 bits per heavy atom. The molecule has 0 saturated carbocycles. The van der Waals surface area contributed by atoms with Crippen molar-refractivity contribution in [3.8, 4) is 66.8 Å². The third-order valence-electron chi connectivity index (χ3n) is 7.37. The molecule has 42 heavy (non-hydrogen) atoms. The number of aromatic nitrogens is 4. The fraction of sp³-hybridized carbons (Fsp3) is 0. The molecule has 0 fully saturated rings. The van der Waals surface area contributed by atoms with Crippen molar-refractivity contribution in [2.24, 2.45) is 0 Å². The van der Waals surface area contributed by atoms with Gasteiger partial charge in [0.15, 0.2) is 0 Å². The fourth-order valence-corrected chi connectivity index (χ4v) is 5.27. The van der Waals surface area contributed by atoms with Gasteiger partial charge in [-0.25, -0.2) is 0 Å². The predicted molar refractivity (Wildman–Crippen MR) is 170 cm³/mol. The first-order valence-electron chi connectivity index (χ1n) is 13.8. The second-order valence-corrected chi connectivity index (χ2v) is 10.1. The molecule has 0 radical (unpaired) electrons. The third-order valence-corrected chi connectivity index (χ3v) is 7.37. The molecule has 0 amide bonds. The van der Waals surface area contributed by atoms with Crippen molar-refractivity contribution in [2.75, 3.05) is 0 Å². The first kappa shape index (κ1) is 25.2. The van der Waals surface area contributed by atoms with E-state index in [-0.39, 0.29) is 0 Å². The second-order valence-electron chi connectivity index (χ2n) is 10.1. The molecule has 7 rings (SSSR count). The maximum atomic E-state index is 4.36. The summed E-state index contributed by atoms with van der Waals surface area (Å²) in [5.41, 5.74) is 13.3. The van der Waals surface area contributed by atoms with Gasteiger partial charge >= 0.3 is 0 Å². The Balaban J connectivity index is 1.37. The van der Waals surface area contributed by atoms with Crippen LogP contribution in [0.4, 0.5) is 0 Å². The lowest BCUT2D eigenvalue weighted by atomic mass is 9.91. The zero-order valence-corrected chi connectivity index (χ0v) is 22.8. The number of nitrogens with zero attached hydrogens (tertiary/aromatic N) is 4. The summed E-state index contributed by atoms with van der Waals surface area (Å²) in [7, 11) is 0. The summed E-state index contributed by atoms with van der Waals surface area (Å²) in [4.78, 5) is 17.5. The molecule has 3 aromatic carbocycles. The van der Waals surface area contributed by atoms with Gasteiger partial charge < -0.3 is 0 Å². The lowest BCUT2D eigenvalue weighted by Gasteiger charge is -2.14. The van der Waals surface area contributed by atoms with Crippen molar-refractivity contribution >= 4 is 0 Å². The van der Waals surface area contributed by atoms with Gasteiger partial charge in [-0.15, -0.1) is 0 Å². The van der Waals surface area contributed by atoms with E-state index in [9.17, 15) is 0 Å². The van der Waals surface area contributed by atoms with Crippen LogP contribution in [0.25, 0.3) is 66.8 Å². The minimum absolute atomic E-state index is 1.07. The molecule has 4 heteroatoms. The highest BCUT2D eigenvalue weighted by Crippen LogP contribution is 2.36. The smallest absolute Gasteiger partial charge is 0.0346 e. The van der Waals surface area contributed by atoms with Crippen molar-refractivity contribution in [1.29, 1.82) is 0 Å². The zero-order chi connectivity index (χ0) is 28.1. The molecule has 4 heterocycles. The van der Waals surface area contributed by atoms with Gasteiger partial charge in [0.25, 0.3) is 0 Å². The quantitative estimate of drug-likeness (QED) is 0.212. The number of benzene rings is 3. The summed E-state index contributed by atoms with van der Waals surface area (Å²) in [6, 6.07) is 38.4. The molecule has 198 valence electrons. The molecule has 0 aliphatic heterocycles. The van der Waals surface area contributed by atoms with Gasteiger partial charge in [0.1, 0.15) is 0 Å². The zero-order valence-electron chi connectivity index (χ0n) is 22.8. The molecule has 0 N–H and O–H groups in total. The van der Waals surface area contributed by atoms with Gasteiger partial charge in [-0.2, -0.15) is 0 Å². The maximum Gasteiger partial charge on any atom is 0.0346 e. The molecular formula is C38H26N4. The molecule has 0 bridgehead atoms. The normalized spacial score (nSPS) is 10.9. The van der Waals surface area contributed by atoms with Crippen LogP contribution in [-0.4, -0.2) is 19.9 Å². The molecular weight excluding hydrogens is 512 g/mol. The molecule has 0 spiro atoms. The van der Waals surface area contributed by atoms with Crippen LogP contribution in [0.5, 0.6) is 0 Å². The van der Waals surface area contributed by atoms with E-state index < -0.39 is 0 Å². The monoisotopic (exact) mass is 538 g/mol. The molecule has 0 atom stereocenters. The SMILES string of the molecule is c1cncc(-c2cc(-c3cccnc3)cc(-c3cccc(-c4cc(-c5cccnc5)cc(-c5cccnc5)c4)c3)c2)c1. The average molecular weight is 539 g/mol. The van der Waals surface area contributed by atoms with Crippen LogP contribution >= 0.6 is 0 Å². The van der Waals surface area contributed by atoms with E-state index in [2.05, 4.69) is 105 Å². The molecule has 0 aliphatic carbocycles. The van der Waals surface area contributed by atoms with Crippen LogP contribution in [0.15, 0.2) is 159 Å². The molecule has 7 aromatic rings. The Labute approximate surface area is 245 Å². The summed E-state index contributed by atoms with van der Waals surface area (Å²) >= 11 is 0. The first-order chi connectivity index (χ1) is 20.8. The maximum absolute atomic E-state index is 4.36. The van der Waals surface area contributed by atoms with Crippen molar-refractivity contribution in [1.82, 2.24) is 19.9 Å². The van der Waals surface area contributed by atoms with Crippen molar-refractivity contribution in [3.63, 3.8) is 0 Å². The first-order valence-corrected chi connectivity index (χ1v) is 13.8. The Hall–Kier alpha value is -5.74. The van der Waals surface area contributed by atoms with Crippen LogP contribution in [0, 0.1) is 0 Å². The van der Waals surface area contributed by atoms with Gasteiger partial charge in [-0.05, 0) is 111 Å². The van der Waals surface area contributed by atoms with E-state index in [1.807, 2.05) is 49.1 Å². The summed E-state index contributed by atoms with van der Waals surface area (Å²) in [6.07, 6.45) is 14.9. The lowest BCUT2D eigenvalue weighted by molar-refractivity contribution is 1.32. The Morgan fingerprint density at radius 1 is 0.238 bits per heavy atom. The van der Waals surface area contributed by atoms with Gasteiger partial charge in [0.2, 0.25) is 0 Å². The summed E-state index contributed by atoms with van der Waals surface area (Å²) in [6.45, 7) is 0. The average Bonchev–Trinajstić information content (AvgIpc) is 3.09. The van der Waals surface area contributed by atoms with E-state index in [1.165, 1.54) is 0 Å². The predicted octanol–water partition coefficient (Wildman–Crippen LogP) is 9.27. The number of rotatable bonds is 6. The highest BCUT2D eigenvalue weighted by Gasteiger charge is 2.11. The van der Waals surface area contributed by atoms with Crippen LogP contribution in [0.3, 0.4) is 0 Å². The van der Waals surface area contributed by atoms with Crippen LogP contribution < -0.4 is 0 Å². The summed E-state index contributed by atoms with van der Waals surface area (Å²) < 4.78 is 0. The van der Waals surface area contributed by atoms with Gasteiger partial charge in [0.05, 0.1) is 0 Å². The van der Waals surface area contributed by atoms with Crippen LogP contribution in [-0.2, 0) is 0 Å². The van der Waals surface area contributed by atoms with Crippen LogP contribution in [0.2, 0.25) is 0 Å². The van der Waals surface area contributed by atoms with E-state index in [4.69, 9.17) is 0 Å². The van der Waals surface area contributed by atoms with Gasteiger partial charge in [-0.3, -0.25) is 19.9 Å². The Bertz CT molecular complexity index is 1700. The van der Waals surface area contributed by atoms with Crippen molar-refractivity contribution in [3.05, 3.63) is 159 Å². The molecule has 0 saturated heterocycles.